The van der Waals surface area contributed by atoms with E-state index in [2.05, 4.69) is 10.6 Å². The second kappa shape index (κ2) is 7.40. The third-order valence-corrected chi connectivity index (χ3v) is 3.02. The molecule has 1 unspecified atom stereocenters. The van der Waals surface area contributed by atoms with Crippen LogP contribution < -0.4 is 10.6 Å². The number of amides is 1. The van der Waals surface area contributed by atoms with Gasteiger partial charge in [0.05, 0.1) is 6.42 Å². The van der Waals surface area contributed by atoms with E-state index in [1.165, 1.54) is 0 Å². The van der Waals surface area contributed by atoms with E-state index in [0.717, 1.165) is 19.4 Å². The molecule has 1 saturated heterocycles. The Morgan fingerprint density at radius 2 is 2.05 bits per heavy atom. The predicted molar refractivity (Wildman–Crippen MR) is 75.7 cm³/mol. The molecule has 0 aromatic rings. The molecule has 1 rings (SSSR count). The Morgan fingerprint density at radius 1 is 1.38 bits per heavy atom. The van der Waals surface area contributed by atoms with Gasteiger partial charge in [0.1, 0.15) is 11.6 Å². The first kappa shape index (κ1) is 17.4. The molecule has 7 nitrogen and oxygen atoms in total. The lowest BCUT2D eigenvalue weighted by Gasteiger charge is -2.21. The van der Waals surface area contributed by atoms with Crippen LogP contribution in [0.5, 0.6) is 0 Å². The molecule has 0 saturated carbocycles. The lowest BCUT2D eigenvalue weighted by Crippen LogP contribution is -2.44. The Labute approximate surface area is 124 Å². The lowest BCUT2D eigenvalue weighted by atomic mass is 10.1. The van der Waals surface area contributed by atoms with Crippen LogP contribution >= 0.6 is 0 Å². The van der Waals surface area contributed by atoms with Gasteiger partial charge in [-0.3, -0.25) is 9.59 Å². The fourth-order valence-electron chi connectivity index (χ4n) is 2.16. The number of hydrogen-bond donors (Lipinski definition) is 3. The van der Waals surface area contributed by atoms with E-state index in [1.807, 2.05) is 0 Å². The zero-order valence-corrected chi connectivity index (χ0v) is 12.8. The molecule has 1 fully saturated rings. The Hall–Kier alpha value is -1.63. The first-order valence-electron chi connectivity index (χ1n) is 7.15. The molecule has 120 valence electrons. The van der Waals surface area contributed by atoms with Gasteiger partial charge in [-0.2, -0.15) is 0 Å². The van der Waals surface area contributed by atoms with Gasteiger partial charge >= 0.3 is 11.9 Å². The number of nitrogens with one attached hydrogen (secondary N) is 2. The molecular formula is C14H24N2O5. The normalized spacial score (nSPS) is 19.9. The number of aliphatic carboxylic acids is 1. The Bertz CT molecular complexity index is 397. The molecule has 21 heavy (non-hydrogen) atoms. The van der Waals surface area contributed by atoms with E-state index in [-0.39, 0.29) is 24.8 Å². The average molecular weight is 300 g/mol. The number of carboxylic acids is 1. The van der Waals surface area contributed by atoms with Crippen molar-refractivity contribution in [2.24, 2.45) is 0 Å². The zero-order chi connectivity index (χ0) is 16.0. The average Bonchev–Trinajstić information content (AvgIpc) is 2.77. The quantitative estimate of drug-likeness (QED) is 0.614. The van der Waals surface area contributed by atoms with E-state index in [9.17, 15) is 14.4 Å². The van der Waals surface area contributed by atoms with E-state index in [1.54, 1.807) is 20.8 Å². The van der Waals surface area contributed by atoms with Crippen LogP contribution in [0.25, 0.3) is 0 Å². The highest BCUT2D eigenvalue weighted by molar-refractivity contribution is 5.87. The molecule has 1 aliphatic rings. The van der Waals surface area contributed by atoms with Crippen molar-refractivity contribution in [1.82, 2.24) is 10.6 Å². The van der Waals surface area contributed by atoms with Crippen LogP contribution in [-0.4, -0.2) is 47.2 Å². The standard InChI is InChI=1S/C14H24N2O5/c1-14(2,3)21-12(18)8-10(13(19)20)16-11(17)7-9-5-4-6-15-9/h9-10,15H,4-8H2,1-3H3,(H,16,17)(H,19,20)/t9?,10-/m0/s1. The van der Waals surface area contributed by atoms with Crippen LogP contribution in [0.15, 0.2) is 0 Å². The summed E-state index contributed by atoms with van der Waals surface area (Å²) in [5.74, 6) is -2.26. The van der Waals surface area contributed by atoms with Crippen molar-refractivity contribution in [3.63, 3.8) is 0 Å². The minimum absolute atomic E-state index is 0.0842. The van der Waals surface area contributed by atoms with Crippen molar-refractivity contribution >= 4 is 17.8 Å². The largest absolute Gasteiger partial charge is 0.480 e. The summed E-state index contributed by atoms with van der Waals surface area (Å²) in [6.45, 7) is 5.97. The summed E-state index contributed by atoms with van der Waals surface area (Å²) in [4.78, 5) is 34.6. The van der Waals surface area contributed by atoms with Crippen LogP contribution in [-0.2, 0) is 19.1 Å². The minimum Gasteiger partial charge on any atom is -0.480 e. The van der Waals surface area contributed by atoms with Gasteiger partial charge in [-0.1, -0.05) is 0 Å². The van der Waals surface area contributed by atoms with Gasteiger partial charge in [0, 0.05) is 12.5 Å². The smallest absolute Gasteiger partial charge is 0.326 e. The highest BCUT2D eigenvalue weighted by Gasteiger charge is 2.27. The number of carboxylic acid groups (broad SMARTS) is 1. The maximum atomic E-state index is 11.8. The summed E-state index contributed by atoms with van der Waals surface area (Å²) < 4.78 is 5.07. The predicted octanol–water partition coefficient (Wildman–Crippen LogP) is 0.430. The number of ether oxygens (including phenoxy) is 1. The van der Waals surface area contributed by atoms with Gasteiger partial charge in [-0.25, -0.2) is 4.79 Å². The van der Waals surface area contributed by atoms with Gasteiger partial charge < -0.3 is 20.5 Å². The number of hydrogen-bond acceptors (Lipinski definition) is 5. The molecule has 7 heteroatoms. The van der Waals surface area contributed by atoms with Crippen molar-refractivity contribution in [1.29, 1.82) is 0 Å². The summed E-state index contributed by atoms with van der Waals surface area (Å²) in [5.41, 5.74) is -0.683. The van der Waals surface area contributed by atoms with Crippen LogP contribution in [0.3, 0.4) is 0 Å². The van der Waals surface area contributed by atoms with Crippen molar-refractivity contribution in [2.45, 2.75) is 64.1 Å². The van der Waals surface area contributed by atoms with Crippen LogP contribution in [0.1, 0.15) is 46.5 Å². The van der Waals surface area contributed by atoms with E-state index >= 15 is 0 Å². The molecule has 1 heterocycles. The fourth-order valence-corrected chi connectivity index (χ4v) is 2.16. The van der Waals surface area contributed by atoms with E-state index < -0.39 is 23.6 Å². The van der Waals surface area contributed by atoms with Gasteiger partial charge in [-0.05, 0) is 40.2 Å². The Morgan fingerprint density at radius 3 is 2.52 bits per heavy atom. The van der Waals surface area contributed by atoms with Crippen molar-refractivity contribution < 1.29 is 24.2 Å². The molecule has 0 aromatic heterocycles. The van der Waals surface area contributed by atoms with Crippen LogP contribution in [0, 0.1) is 0 Å². The lowest BCUT2D eigenvalue weighted by molar-refractivity contribution is -0.158. The summed E-state index contributed by atoms with van der Waals surface area (Å²) in [5, 5.41) is 14.6. The minimum atomic E-state index is -1.26. The molecule has 2 atom stereocenters. The first-order chi connectivity index (χ1) is 9.67. The van der Waals surface area contributed by atoms with Gasteiger partial charge in [0.2, 0.25) is 5.91 Å². The van der Waals surface area contributed by atoms with Gasteiger partial charge in [-0.15, -0.1) is 0 Å². The summed E-state index contributed by atoms with van der Waals surface area (Å²) in [6, 6.07) is -1.17. The molecule has 1 aliphatic heterocycles. The fraction of sp³-hybridized carbons (Fsp3) is 0.786. The molecule has 0 radical (unpaired) electrons. The summed E-state index contributed by atoms with van der Waals surface area (Å²) >= 11 is 0. The molecular weight excluding hydrogens is 276 g/mol. The molecule has 0 aliphatic carbocycles. The summed E-state index contributed by atoms with van der Waals surface area (Å²) in [7, 11) is 0. The molecule has 0 aromatic carbocycles. The highest BCUT2D eigenvalue weighted by Crippen LogP contribution is 2.11. The highest BCUT2D eigenvalue weighted by atomic mass is 16.6. The monoisotopic (exact) mass is 300 g/mol. The Balaban J connectivity index is 2.47. The topological polar surface area (TPSA) is 105 Å². The Kier molecular flexibility index (Phi) is 6.14. The molecule has 3 N–H and O–H groups in total. The second-order valence-electron chi connectivity index (χ2n) is 6.25. The van der Waals surface area contributed by atoms with Crippen LogP contribution in [0.4, 0.5) is 0 Å². The number of carbonyl (C=O) groups excluding carboxylic acids is 2. The number of carbonyl (C=O) groups is 3. The number of rotatable bonds is 6. The molecule has 1 amide bonds. The van der Waals surface area contributed by atoms with Crippen molar-refractivity contribution in [3.05, 3.63) is 0 Å². The second-order valence-corrected chi connectivity index (χ2v) is 6.25. The van der Waals surface area contributed by atoms with Crippen LogP contribution in [0.2, 0.25) is 0 Å². The third kappa shape index (κ3) is 7.08. The SMILES string of the molecule is CC(C)(C)OC(=O)C[C@H](NC(=O)CC1CCCN1)C(=O)O. The zero-order valence-electron chi connectivity index (χ0n) is 12.8. The molecule has 0 bridgehead atoms. The maximum Gasteiger partial charge on any atom is 0.326 e. The van der Waals surface area contributed by atoms with E-state index in [0.29, 0.717) is 0 Å². The van der Waals surface area contributed by atoms with Crippen molar-refractivity contribution in [3.8, 4) is 0 Å². The van der Waals surface area contributed by atoms with Crippen molar-refractivity contribution in [2.75, 3.05) is 6.54 Å². The molecule has 0 spiro atoms. The van der Waals surface area contributed by atoms with E-state index in [4.69, 9.17) is 9.84 Å². The maximum absolute atomic E-state index is 11.8. The number of esters is 1. The summed E-state index contributed by atoms with van der Waals surface area (Å²) in [6.07, 6.45) is 1.75. The first-order valence-corrected chi connectivity index (χ1v) is 7.15. The third-order valence-electron chi connectivity index (χ3n) is 3.02. The van der Waals surface area contributed by atoms with Gasteiger partial charge in [0.15, 0.2) is 0 Å². The van der Waals surface area contributed by atoms with Gasteiger partial charge in [0.25, 0.3) is 0 Å².